The number of rotatable bonds is 2. The normalized spacial score (nSPS) is 10.8. The molecule has 0 fully saturated rings. The van der Waals surface area contributed by atoms with Gasteiger partial charge in [-0.1, -0.05) is 5.16 Å². The molecule has 0 saturated carbocycles. The fourth-order valence-electron chi connectivity index (χ4n) is 2.08. The molecule has 6 heteroatoms. The highest BCUT2D eigenvalue weighted by Gasteiger charge is 2.13. The quantitative estimate of drug-likeness (QED) is 0.731. The summed E-state index contributed by atoms with van der Waals surface area (Å²) in [6, 6.07) is 8.11. The Bertz CT molecular complexity index is 793. The topological polar surface area (TPSA) is 77.8 Å². The molecule has 0 amide bonds. The number of benzene rings is 1. The molecule has 0 aliphatic carbocycles. The molecule has 0 radical (unpaired) electrons. The van der Waals surface area contributed by atoms with Crippen molar-refractivity contribution in [2.24, 2.45) is 0 Å². The van der Waals surface area contributed by atoms with Crippen LogP contribution < -0.4 is 5.73 Å². The number of halogens is 1. The molecule has 0 aliphatic heterocycles. The Labute approximate surface area is 120 Å². The van der Waals surface area contributed by atoms with Gasteiger partial charge >= 0.3 is 0 Å². The van der Waals surface area contributed by atoms with Gasteiger partial charge < -0.3 is 10.3 Å². The molecule has 0 spiro atoms. The first-order chi connectivity index (χ1) is 10.0. The van der Waals surface area contributed by atoms with Crippen LogP contribution in [0.2, 0.25) is 0 Å². The number of nitrogens with two attached hydrogens (primary N) is 1. The van der Waals surface area contributed by atoms with E-state index in [2.05, 4.69) is 15.1 Å². The van der Waals surface area contributed by atoms with E-state index in [0.29, 0.717) is 11.4 Å². The van der Waals surface area contributed by atoms with Crippen molar-refractivity contribution in [1.82, 2.24) is 15.1 Å². The van der Waals surface area contributed by atoms with Crippen LogP contribution in [0.1, 0.15) is 11.4 Å². The molecule has 0 bridgehead atoms. The number of hydrogen-bond donors (Lipinski definition) is 1. The minimum Gasteiger partial charge on any atom is -0.396 e. The molecule has 0 saturated heterocycles. The van der Waals surface area contributed by atoms with Gasteiger partial charge in [0.25, 0.3) is 5.89 Å². The van der Waals surface area contributed by atoms with Gasteiger partial charge in [0.15, 0.2) is 0 Å². The SMILES string of the molecule is Cc1cc(-c2noc(-c3ccc(N)c(F)c3)n2)cc(C)n1. The number of aromatic nitrogens is 3. The summed E-state index contributed by atoms with van der Waals surface area (Å²) >= 11 is 0. The minimum absolute atomic E-state index is 0.0823. The lowest BCUT2D eigenvalue weighted by molar-refractivity contribution is 0.432. The average molecular weight is 284 g/mol. The van der Waals surface area contributed by atoms with Crippen LogP contribution >= 0.6 is 0 Å². The summed E-state index contributed by atoms with van der Waals surface area (Å²) < 4.78 is 18.7. The van der Waals surface area contributed by atoms with Crippen LogP contribution in [0.15, 0.2) is 34.9 Å². The third-order valence-electron chi connectivity index (χ3n) is 3.01. The third kappa shape index (κ3) is 2.60. The Morgan fingerprint density at radius 3 is 2.38 bits per heavy atom. The fourth-order valence-corrected chi connectivity index (χ4v) is 2.08. The van der Waals surface area contributed by atoms with Gasteiger partial charge in [0.1, 0.15) is 5.82 Å². The number of nitrogen functional groups attached to an aromatic ring is 1. The first kappa shape index (κ1) is 13.2. The van der Waals surface area contributed by atoms with E-state index in [9.17, 15) is 4.39 Å². The highest BCUT2D eigenvalue weighted by atomic mass is 19.1. The Balaban J connectivity index is 2.01. The number of aryl methyl sites for hydroxylation is 2. The highest BCUT2D eigenvalue weighted by Crippen LogP contribution is 2.25. The molecular weight excluding hydrogens is 271 g/mol. The lowest BCUT2D eigenvalue weighted by Gasteiger charge is -1.99. The summed E-state index contributed by atoms with van der Waals surface area (Å²) in [6.07, 6.45) is 0. The van der Waals surface area contributed by atoms with Crippen LogP contribution in [0.5, 0.6) is 0 Å². The summed E-state index contributed by atoms with van der Waals surface area (Å²) in [5.41, 5.74) is 8.57. The van der Waals surface area contributed by atoms with E-state index in [1.54, 1.807) is 6.07 Å². The van der Waals surface area contributed by atoms with E-state index >= 15 is 0 Å². The Kier molecular flexibility index (Phi) is 3.13. The number of hydrogen-bond acceptors (Lipinski definition) is 5. The molecule has 2 N–H and O–H groups in total. The predicted molar refractivity (Wildman–Crippen MR) is 76.8 cm³/mol. The summed E-state index contributed by atoms with van der Waals surface area (Å²) in [5.74, 6) is 0.176. The lowest BCUT2D eigenvalue weighted by Crippen LogP contribution is -1.91. The van der Waals surface area contributed by atoms with E-state index in [4.69, 9.17) is 10.3 Å². The van der Waals surface area contributed by atoms with E-state index in [-0.39, 0.29) is 11.6 Å². The molecule has 3 rings (SSSR count). The van der Waals surface area contributed by atoms with Gasteiger partial charge in [0.2, 0.25) is 5.82 Å². The van der Waals surface area contributed by atoms with Crippen LogP contribution in [0.4, 0.5) is 10.1 Å². The van der Waals surface area contributed by atoms with E-state index < -0.39 is 5.82 Å². The first-order valence-corrected chi connectivity index (χ1v) is 6.38. The van der Waals surface area contributed by atoms with Crippen LogP contribution in [-0.4, -0.2) is 15.1 Å². The van der Waals surface area contributed by atoms with Gasteiger partial charge in [-0.05, 0) is 44.2 Å². The summed E-state index contributed by atoms with van der Waals surface area (Å²) in [4.78, 5) is 8.59. The molecule has 0 unspecified atom stereocenters. The largest absolute Gasteiger partial charge is 0.396 e. The molecule has 5 nitrogen and oxygen atoms in total. The summed E-state index contributed by atoms with van der Waals surface area (Å²) in [5, 5.41) is 3.93. The second-order valence-electron chi connectivity index (χ2n) is 4.80. The molecule has 3 aromatic rings. The average Bonchev–Trinajstić information content (AvgIpc) is 2.90. The fraction of sp³-hybridized carbons (Fsp3) is 0.133. The molecule has 1 aromatic carbocycles. The molecule has 21 heavy (non-hydrogen) atoms. The second kappa shape index (κ2) is 4.97. The zero-order valence-electron chi connectivity index (χ0n) is 11.6. The maximum absolute atomic E-state index is 13.5. The van der Waals surface area contributed by atoms with Crippen LogP contribution in [0.25, 0.3) is 22.8 Å². The zero-order valence-corrected chi connectivity index (χ0v) is 11.6. The van der Waals surface area contributed by atoms with E-state index in [1.165, 1.54) is 12.1 Å². The van der Waals surface area contributed by atoms with Crippen molar-refractivity contribution in [3.8, 4) is 22.8 Å². The Morgan fingerprint density at radius 2 is 1.71 bits per heavy atom. The molecular formula is C15H13FN4O. The Morgan fingerprint density at radius 1 is 1.00 bits per heavy atom. The molecule has 0 aliphatic rings. The van der Waals surface area contributed by atoms with Crippen molar-refractivity contribution < 1.29 is 8.91 Å². The smallest absolute Gasteiger partial charge is 0.258 e. The van der Waals surface area contributed by atoms with Gasteiger partial charge in [-0.25, -0.2) is 4.39 Å². The van der Waals surface area contributed by atoms with Crippen molar-refractivity contribution in [1.29, 1.82) is 0 Å². The third-order valence-corrected chi connectivity index (χ3v) is 3.01. The standard InChI is InChI=1S/C15H13FN4O/c1-8-5-11(6-9(2)18-8)14-19-15(21-20-14)10-3-4-13(17)12(16)7-10/h3-7H,17H2,1-2H3. The number of nitrogens with zero attached hydrogens (tertiary/aromatic N) is 3. The van der Waals surface area contributed by atoms with Gasteiger partial charge in [0.05, 0.1) is 5.69 Å². The lowest BCUT2D eigenvalue weighted by atomic mass is 10.2. The van der Waals surface area contributed by atoms with Gasteiger partial charge in [-0.3, -0.25) is 4.98 Å². The molecule has 106 valence electrons. The highest BCUT2D eigenvalue weighted by molar-refractivity contribution is 5.62. The second-order valence-corrected chi connectivity index (χ2v) is 4.80. The van der Waals surface area contributed by atoms with Crippen LogP contribution in [-0.2, 0) is 0 Å². The monoisotopic (exact) mass is 284 g/mol. The van der Waals surface area contributed by atoms with Crippen molar-refractivity contribution in [2.75, 3.05) is 5.73 Å². The van der Waals surface area contributed by atoms with Gasteiger partial charge in [-0.15, -0.1) is 0 Å². The number of pyridine rings is 1. The van der Waals surface area contributed by atoms with Crippen molar-refractivity contribution in [2.45, 2.75) is 13.8 Å². The van der Waals surface area contributed by atoms with Crippen LogP contribution in [0, 0.1) is 19.7 Å². The molecule has 0 atom stereocenters. The van der Waals surface area contributed by atoms with E-state index in [1.807, 2.05) is 26.0 Å². The Hall–Kier alpha value is -2.76. The summed E-state index contributed by atoms with van der Waals surface area (Å²) in [6.45, 7) is 3.79. The minimum atomic E-state index is -0.511. The maximum Gasteiger partial charge on any atom is 0.258 e. The molecule has 2 heterocycles. The summed E-state index contributed by atoms with van der Waals surface area (Å²) in [7, 11) is 0. The van der Waals surface area contributed by atoms with Crippen molar-refractivity contribution >= 4 is 5.69 Å². The van der Waals surface area contributed by atoms with Crippen LogP contribution in [0.3, 0.4) is 0 Å². The number of anilines is 1. The molecule has 2 aromatic heterocycles. The maximum atomic E-state index is 13.5. The van der Waals surface area contributed by atoms with Gasteiger partial charge in [0, 0.05) is 22.5 Å². The van der Waals surface area contributed by atoms with E-state index in [0.717, 1.165) is 17.0 Å². The van der Waals surface area contributed by atoms with Crippen molar-refractivity contribution in [3.05, 3.63) is 47.5 Å². The van der Waals surface area contributed by atoms with Gasteiger partial charge in [-0.2, -0.15) is 4.98 Å². The predicted octanol–water partition coefficient (Wildman–Crippen LogP) is 3.14. The first-order valence-electron chi connectivity index (χ1n) is 6.38. The van der Waals surface area contributed by atoms with Crippen molar-refractivity contribution in [3.63, 3.8) is 0 Å². The zero-order chi connectivity index (χ0) is 15.0.